The van der Waals surface area contributed by atoms with Gasteiger partial charge in [0.15, 0.2) is 0 Å². The number of amides is 1. The van der Waals surface area contributed by atoms with Crippen LogP contribution in [0.5, 0.6) is 0 Å². The minimum Gasteiger partial charge on any atom is -0.381 e. The number of nitrogens with two attached hydrogens (primary N) is 1. The third-order valence-corrected chi connectivity index (χ3v) is 2.55. The number of carbonyl (C=O) groups excluding carboxylic acids is 1. The highest BCUT2D eigenvalue weighted by molar-refractivity contribution is 5.80. The maximum Gasteiger partial charge on any atom is 0.238 e. The van der Waals surface area contributed by atoms with Gasteiger partial charge in [-0.2, -0.15) is 0 Å². The summed E-state index contributed by atoms with van der Waals surface area (Å²) in [7, 11) is 1.81. The van der Waals surface area contributed by atoms with Crippen LogP contribution in [0.15, 0.2) is 0 Å². The molecule has 0 saturated carbocycles. The monoisotopic (exact) mass is 200 g/mol. The van der Waals surface area contributed by atoms with Crippen LogP contribution in [0.3, 0.4) is 0 Å². The van der Waals surface area contributed by atoms with Crippen molar-refractivity contribution in [3.05, 3.63) is 0 Å². The van der Waals surface area contributed by atoms with Crippen LogP contribution >= 0.6 is 0 Å². The molecule has 1 amide bonds. The minimum atomic E-state index is -0.399. The van der Waals surface area contributed by atoms with Crippen LogP contribution in [0.25, 0.3) is 0 Å². The Hall–Kier alpha value is -0.610. The van der Waals surface area contributed by atoms with Crippen molar-refractivity contribution in [3.63, 3.8) is 0 Å². The summed E-state index contributed by atoms with van der Waals surface area (Å²) in [5.41, 5.74) is 5.52. The summed E-state index contributed by atoms with van der Waals surface area (Å²) in [4.78, 5) is 13.2. The van der Waals surface area contributed by atoms with Crippen LogP contribution in [-0.4, -0.2) is 43.7 Å². The van der Waals surface area contributed by atoms with Gasteiger partial charge < -0.3 is 15.4 Å². The Morgan fingerprint density at radius 3 is 2.93 bits per heavy atom. The van der Waals surface area contributed by atoms with Gasteiger partial charge in [-0.15, -0.1) is 0 Å². The first kappa shape index (κ1) is 11.5. The van der Waals surface area contributed by atoms with Gasteiger partial charge in [0.05, 0.1) is 12.6 Å². The van der Waals surface area contributed by atoms with E-state index in [1.165, 1.54) is 0 Å². The van der Waals surface area contributed by atoms with E-state index in [1.807, 2.05) is 0 Å². The number of likely N-dealkylation sites (N-methyl/N-ethyl adjacent to an activating group) is 1. The molecular formula is C10H20N2O2. The first-order valence-electron chi connectivity index (χ1n) is 5.19. The van der Waals surface area contributed by atoms with Crippen LogP contribution in [0.1, 0.15) is 19.8 Å². The Balaban J connectivity index is 2.31. The Morgan fingerprint density at radius 2 is 2.43 bits per heavy atom. The molecule has 1 aliphatic rings. The fourth-order valence-electron chi connectivity index (χ4n) is 1.78. The van der Waals surface area contributed by atoms with Crippen LogP contribution in [0, 0.1) is 5.92 Å². The molecule has 1 unspecified atom stereocenters. The lowest BCUT2D eigenvalue weighted by molar-refractivity contribution is -0.132. The summed E-state index contributed by atoms with van der Waals surface area (Å²) in [6.45, 7) is 4.12. The molecule has 0 spiro atoms. The second-order valence-electron chi connectivity index (χ2n) is 4.09. The Morgan fingerprint density at radius 1 is 1.71 bits per heavy atom. The lowest BCUT2D eigenvalue weighted by atomic mass is 10.0. The number of hydrogen-bond donors (Lipinski definition) is 1. The van der Waals surface area contributed by atoms with E-state index >= 15 is 0 Å². The molecule has 14 heavy (non-hydrogen) atoms. The molecule has 82 valence electrons. The summed E-state index contributed by atoms with van der Waals surface area (Å²) in [6, 6.07) is -0.399. The predicted octanol–water partition coefficient (Wildman–Crippen LogP) is 0.219. The SMILES string of the molecule is C[C@H](N)C(=O)N(C)CC1CCCOC1. The topological polar surface area (TPSA) is 55.6 Å². The van der Waals surface area contributed by atoms with E-state index in [0.29, 0.717) is 5.92 Å². The first-order chi connectivity index (χ1) is 6.61. The summed E-state index contributed by atoms with van der Waals surface area (Å²) < 4.78 is 5.35. The second kappa shape index (κ2) is 5.32. The van der Waals surface area contributed by atoms with Crippen molar-refractivity contribution in [2.75, 3.05) is 26.8 Å². The zero-order valence-corrected chi connectivity index (χ0v) is 9.03. The molecule has 0 bridgehead atoms. The van der Waals surface area contributed by atoms with E-state index in [-0.39, 0.29) is 5.91 Å². The highest BCUT2D eigenvalue weighted by Gasteiger charge is 2.20. The Labute approximate surface area is 85.4 Å². The molecule has 0 aromatic rings. The first-order valence-corrected chi connectivity index (χ1v) is 5.19. The minimum absolute atomic E-state index is 0.00979. The summed E-state index contributed by atoms with van der Waals surface area (Å²) in [5.74, 6) is 0.493. The smallest absolute Gasteiger partial charge is 0.238 e. The lowest BCUT2D eigenvalue weighted by Crippen LogP contribution is -2.43. The van der Waals surface area contributed by atoms with Crippen LogP contribution in [0.4, 0.5) is 0 Å². The number of carbonyl (C=O) groups is 1. The predicted molar refractivity (Wildman–Crippen MR) is 54.8 cm³/mol. The van der Waals surface area contributed by atoms with Gasteiger partial charge in [0.25, 0.3) is 0 Å². The molecule has 1 heterocycles. The quantitative estimate of drug-likeness (QED) is 0.709. The van der Waals surface area contributed by atoms with E-state index in [2.05, 4.69) is 0 Å². The van der Waals surface area contributed by atoms with Gasteiger partial charge in [0.1, 0.15) is 0 Å². The molecule has 0 radical (unpaired) electrons. The van der Waals surface area contributed by atoms with Gasteiger partial charge in [-0.05, 0) is 25.7 Å². The van der Waals surface area contributed by atoms with Gasteiger partial charge in [-0.1, -0.05) is 0 Å². The zero-order valence-electron chi connectivity index (χ0n) is 9.03. The lowest BCUT2D eigenvalue weighted by Gasteiger charge is -2.27. The zero-order chi connectivity index (χ0) is 10.6. The molecule has 2 atom stereocenters. The summed E-state index contributed by atoms with van der Waals surface area (Å²) in [5, 5.41) is 0. The Kier molecular flexibility index (Phi) is 4.35. The van der Waals surface area contributed by atoms with Crippen LogP contribution in [-0.2, 0) is 9.53 Å². The summed E-state index contributed by atoms with van der Waals surface area (Å²) in [6.07, 6.45) is 2.25. The van der Waals surface area contributed by atoms with Gasteiger partial charge >= 0.3 is 0 Å². The van der Waals surface area contributed by atoms with Crippen molar-refractivity contribution in [3.8, 4) is 0 Å². The molecule has 0 aromatic carbocycles. The van der Waals surface area contributed by atoms with E-state index in [9.17, 15) is 4.79 Å². The maximum absolute atomic E-state index is 11.5. The highest BCUT2D eigenvalue weighted by Crippen LogP contribution is 2.14. The van der Waals surface area contributed by atoms with Crippen LogP contribution in [0.2, 0.25) is 0 Å². The normalized spacial score (nSPS) is 24.4. The average Bonchev–Trinajstić information content (AvgIpc) is 2.18. The third-order valence-electron chi connectivity index (χ3n) is 2.55. The van der Waals surface area contributed by atoms with E-state index < -0.39 is 6.04 Å². The van der Waals surface area contributed by atoms with Gasteiger partial charge in [0.2, 0.25) is 5.91 Å². The van der Waals surface area contributed by atoms with Crippen molar-refractivity contribution in [1.29, 1.82) is 0 Å². The van der Waals surface area contributed by atoms with Crippen molar-refractivity contribution in [2.24, 2.45) is 11.7 Å². The van der Waals surface area contributed by atoms with Crippen molar-refractivity contribution < 1.29 is 9.53 Å². The molecule has 1 rings (SSSR count). The molecule has 1 fully saturated rings. The van der Waals surface area contributed by atoms with Gasteiger partial charge in [0, 0.05) is 20.2 Å². The maximum atomic E-state index is 11.5. The molecule has 4 nitrogen and oxygen atoms in total. The van der Waals surface area contributed by atoms with Crippen molar-refractivity contribution in [1.82, 2.24) is 4.90 Å². The standard InChI is InChI=1S/C10H20N2O2/c1-8(11)10(13)12(2)6-9-4-3-5-14-7-9/h8-9H,3-7,11H2,1-2H3/t8-,9?/m0/s1. The fourth-order valence-corrected chi connectivity index (χ4v) is 1.78. The number of rotatable bonds is 3. The van der Waals surface area contributed by atoms with E-state index in [0.717, 1.165) is 32.6 Å². The van der Waals surface area contributed by atoms with E-state index in [4.69, 9.17) is 10.5 Å². The molecule has 2 N–H and O–H groups in total. The molecule has 1 aliphatic heterocycles. The third kappa shape index (κ3) is 3.27. The van der Waals surface area contributed by atoms with Crippen molar-refractivity contribution >= 4 is 5.91 Å². The number of ether oxygens (including phenoxy) is 1. The highest BCUT2D eigenvalue weighted by atomic mass is 16.5. The molecule has 0 aliphatic carbocycles. The fraction of sp³-hybridized carbons (Fsp3) is 0.900. The average molecular weight is 200 g/mol. The van der Waals surface area contributed by atoms with Crippen LogP contribution < -0.4 is 5.73 Å². The molecular weight excluding hydrogens is 180 g/mol. The van der Waals surface area contributed by atoms with E-state index in [1.54, 1.807) is 18.9 Å². The largest absolute Gasteiger partial charge is 0.381 e. The second-order valence-corrected chi connectivity index (χ2v) is 4.09. The Bertz CT molecular complexity index is 189. The summed E-state index contributed by atoms with van der Waals surface area (Å²) >= 11 is 0. The molecule has 4 heteroatoms. The molecule has 1 saturated heterocycles. The number of hydrogen-bond acceptors (Lipinski definition) is 3. The number of nitrogens with zero attached hydrogens (tertiary/aromatic N) is 1. The van der Waals surface area contributed by atoms with Gasteiger partial charge in [-0.3, -0.25) is 4.79 Å². The van der Waals surface area contributed by atoms with Gasteiger partial charge in [-0.25, -0.2) is 0 Å². The van der Waals surface area contributed by atoms with Crippen molar-refractivity contribution in [2.45, 2.75) is 25.8 Å². The molecule has 0 aromatic heterocycles.